The van der Waals surface area contributed by atoms with E-state index in [-0.39, 0.29) is 30.1 Å². The Bertz CT molecular complexity index is 886. The fraction of sp³-hybridized carbons (Fsp3) is 0.368. The zero-order chi connectivity index (χ0) is 19.2. The Balaban J connectivity index is 1.74. The lowest BCUT2D eigenvalue weighted by atomic mass is 10.1. The summed E-state index contributed by atoms with van der Waals surface area (Å²) in [7, 11) is 0. The molecule has 27 heavy (non-hydrogen) atoms. The summed E-state index contributed by atoms with van der Waals surface area (Å²) in [5.41, 5.74) is 1.03. The first-order valence-electron chi connectivity index (χ1n) is 8.62. The van der Waals surface area contributed by atoms with Gasteiger partial charge in [0.05, 0.1) is 10.6 Å². The maximum absolute atomic E-state index is 11.4. The number of hydrogen-bond acceptors (Lipinski definition) is 6. The maximum Gasteiger partial charge on any atom is 0.323 e. The molecule has 8 heteroatoms. The quantitative estimate of drug-likeness (QED) is 0.348. The SMILES string of the molecule is CC(=O)c1ccc(-n2cc([N+](=O)[O-])c(C#CCOC3CCCCO3)n2)cc1. The van der Waals surface area contributed by atoms with Gasteiger partial charge in [0.1, 0.15) is 12.8 Å². The Labute approximate surface area is 156 Å². The Morgan fingerprint density at radius 1 is 1.41 bits per heavy atom. The minimum absolute atomic E-state index is 0.0542. The second-order valence-corrected chi connectivity index (χ2v) is 6.08. The van der Waals surface area contributed by atoms with Gasteiger partial charge in [-0.1, -0.05) is 5.92 Å². The van der Waals surface area contributed by atoms with Crippen LogP contribution in [-0.2, 0) is 9.47 Å². The summed E-state index contributed by atoms with van der Waals surface area (Å²) < 4.78 is 12.3. The smallest absolute Gasteiger partial charge is 0.323 e. The van der Waals surface area contributed by atoms with Crippen molar-refractivity contribution in [2.75, 3.05) is 13.2 Å². The Kier molecular flexibility index (Phi) is 5.96. The van der Waals surface area contributed by atoms with Gasteiger partial charge in [0.15, 0.2) is 12.1 Å². The molecule has 1 atom stereocenters. The van der Waals surface area contributed by atoms with Crippen molar-refractivity contribution >= 4 is 11.5 Å². The Hall–Kier alpha value is -3.02. The first-order valence-corrected chi connectivity index (χ1v) is 8.62. The van der Waals surface area contributed by atoms with Crippen LogP contribution < -0.4 is 0 Å². The van der Waals surface area contributed by atoms with Crippen molar-refractivity contribution in [3.8, 4) is 17.5 Å². The summed E-state index contributed by atoms with van der Waals surface area (Å²) >= 11 is 0. The Morgan fingerprint density at radius 2 is 2.19 bits per heavy atom. The van der Waals surface area contributed by atoms with Crippen LogP contribution in [0.25, 0.3) is 5.69 Å². The van der Waals surface area contributed by atoms with Crippen LogP contribution in [0.5, 0.6) is 0 Å². The number of carbonyl (C=O) groups is 1. The van der Waals surface area contributed by atoms with Crippen LogP contribution in [0, 0.1) is 22.0 Å². The number of hydrogen-bond donors (Lipinski definition) is 0. The molecule has 1 aromatic carbocycles. The van der Waals surface area contributed by atoms with Crippen LogP contribution in [0.3, 0.4) is 0 Å². The molecule has 1 aliphatic rings. The van der Waals surface area contributed by atoms with Crippen LogP contribution in [0.2, 0.25) is 0 Å². The lowest BCUT2D eigenvalue weighted by Gasteiger charge is -2.21. The number of carbonyl (C=O) groups excluding carboxylic acids is 1. The van der Waals surface area contributed by atoms with Gasteiger partial charge in [0.25, 0.3) is 0 Å². The minimum Gasteiger partial charge on any atom is -0.353 e. The number of nitro groups is 1. The lowest BCUT2D eigenvalue weighted by Crippen LogP contribution is -2.22. The molecule has 0 amide bonds. The molecule has 1 aromatic heterocycles. The summed E-state index contributed by atoms with van der Waals surface area (Å²) in [5, 5.41) is 15.5. The van der Waals surface area contributed by atoms with Gasteiger partial charge in [-0.05, 0) is 56.4 Å². The largest absolute Gasteiger partial charge is 0.353 e. The number of nitrogens with zero attached hydrogens (tertiary/aromatic N) is 3. The highest BCUT2D eigenvalue weighted by molar-refractivity contribution is 5.94. The standard InChI is InChI=1S/C19H19N3O5/c1-14(23)15-7-9-16(10-8-15)21-13-18(22(24)25)17(20-21)5-4-12-27-19-6-2-3-11-26-19/h7-10,13,19H,2-3,6,11-12H2,1H3. The van der Waals surface area contributed by atoms with Gasteiger partial charge in [0, 0.05) is 12.2 Å². The second kappa shape index (κ2) is 8.58. The van der Waals surface area contributed by atoms with E-state index in [9.17, 15) is 14.9 Å². The van der Waals surface area contributed by atoms with Crippen molar-refractivity contribution in [1.29, 1.82) is 0 Å². The summed E-state index contributed by atoms with van der Waals surface area (Å²) in [6.45, 7) is 2.26. The number of ether oxygens (including phenoxy) is 2. The van der Waals surface area contributed by atoms with Gasteiger partial charge >= 0.3 is 5.69 Å². The molecule has 1 aliphatic heterocycles. The van der Waals surface area contributed by atoms with E-state index in [1.165, 1.54) is 17.8 Å². The van der Waals surface area contributed by atoms with Crippen LogP contribution in [-0.4, -0.2) is 40.0 Å². The molecule has 1 saturated heterocycles. The van der Waals surface area contributed by atoms with Crippen LogP contribution in [0.4, 0.5) is 5.69 Å². The molecule has 8 nitrogen and oxygen atoms in total. The van der Waals surface area contributed by atoms with Gasteiger partial charge in [-0.25, -0.2) is 4.68 Å². The lowest BCUT2D eigenvalue weighted by molar-refractivity contribution is -0.385. The fourth-order valence-electron chi connectivity index (χ4n) is 2.67. The number of Topliss-reactive ketones (excluding diaryl/α,β-unsaturated/α-hetero) is 1. The van der Waals surface area contributed by atoms with Crippen LogP contribution in [0.15, 0.2) is 30.5 Å². The van der Waals surface area contributed by atoms with E-state index in [1.54, 1.807) is 24.3 Å². The van der Waals surface area contributed by atoms with Crippen molar-refractivity contribution in [3.05, 3.63) is 51.8 Å². The van der Waals surface area contributed by atoms with Crippen molar-refractivity contribution < 1.29 is 19.2 Å². The van der Waals surface area contributed by atoms with Gasteiger partial charge in [-0.15, -0.1) is 0 Å². The third-order valence-electron chi connectivity index (χ3n) is 4.12. The first-order chi connectivity index (χ1) is 13.0. The molecule has 0 radical (unpaired) electrons. The summed E-state index contributed by atoms with van der Waals surface area (Å²) in [6, 6.07) is 6.64. The van der Waals surface area contributed by atoms with E-state index in [0.717, 1.165) is 19.3 Å². The van der Waals surface area contributed by atoms with Crippen LogP contribution in [0.1, 0.15) is 42.2 Å². The highest BCUT2D eigenvalue weighted by atomic mass is 16.7. The van der Waals surface area contributed by atoms with Crippen molar-refractivity contribution in [1.82, 2.24) is 9.78 Å². The third kappa shape index (κ3) is 4.78. The molecular formula is C19H19N3O5. The molecule has 0 aliphatic carbocycles. The zero-order valence-electron chi connectivity index (χ0n) is 14.9. The van der Waals surface area contributed by atoms with Crippen molar-refractivity contribution in [3.63, 3.8) is 0 Å². The first kappa shape index (κ1) is 18.8. The normalized spacial score (nSPS) is 16.4. The van der Waals surface area contributed by atoms with E-state index in [2.05, 4.69) is 16.9 Å². The summed E-state index contributed by atoms with van der Waals surface area (Å²) in [5.74, 6) is 5.40. The number of benzene rings is 1. The van der Waals surface area contributed by atoms with Gasteiger partial charge in [0.2, 0.25) is 5.69 Å². The topological polar surface area (TPSA) is 96.5 Å². The molecule has 2 aromatic rings. The monoisotopic (exact) mass is 369 g/mol. The van der Waals surface area contributed by atoms with Gasteiger partial charge in [-0.3, -0.25) is 14.9 Å². The molecule has 0 saturated carbocycles. The summed E-state index contributed by atoms with van der Waals surface area (Å²) in [6.07, 6.45) is 3.95. The maximum atomic E-state index is 11.4. The van der Waals surface area contributed by atoms with Crippen LogP contribution >= 0.6 is 0 Å². The van der Waals surface area contributed by atoms with Gasteiger partial charge in [-0.2, -0.15) is 5.10 Å². The van der Waals surface area contributed by atoms with E-state index in [1.807, 2.05) is 0 Å². The highest BCUT2D eigenvalue weighted by Crippen LogP contribution is 2.19. The minimum atomic E-state index is -0.525. The molecule has 0 bridgehead atoms. The predicted octanol–water partition coefficient (Wildman–Crippen LogP) is 2.88. The Morgan fingerprint density at radius 3 is 2.81 bits per heavy atom. The van der Waals surface area contributed by atoms with E-state index < -0.39 is 4.92 Å². The molecule has 3 rings (SSSR count). The van der Waals surface area contributed by atoms with E-state index >= 15 is 0 Å². The third-order valence-corrected chi connectivity index (χ3v) is 4.12. The molecule has 140 valence electrons. The average molecular weight is 369 g/mol. The van der Waals surface area contributed by atoms with Gasteiger partial charge < -0.3 is 9.47 Å². The average Bonchev–Trinajstić information content (AvgIpc) is 3.11. The number of rotatable bonds is 5. The molecule has 1 fully saturated rings. The predicted molar refractivity (Wildman–Crippen MR) is 96.6 cm³/mol. The number of ketones is 1. The van der Waals surface area contributed by atoms with E-state index in [4.69, 9.17) is 9.47 Å². The van der Waals surface area contributed by atoms with E-state index in [0.29, 0.717) is 17.9 Å². The summed E-state index contributed by atoms with van der Waals surface area (Å²) in [4.78, 5) is 22.1. The second-order valence-electron chi connectivity index (χ2n) is 6.08. The van der Waals surface area contributed by atoms with Crippen molar-refractivity contribution in [2.24, 2.45) is 0 Å². The fourth-order valence-corrected chi connectivity index (χ4v) is 2.67. The molecule has 1 unspecified atom stereocenters. The molecule has 0 N–H and O–H groups in total. The highest BCUT2D eigenvalue weighted by Gasteiger charge is 2.19. The molecule has 2 heterocycles. The molecule has 0 spiro atoms. The van der Waals surface area contributed by atoms with Crippen molar-refractivity contribution in [2.45, 2.75) is 32.5 Å². The zero-order valence-corrected chi connectivity index (χ0v) is 14.9. The number of aromatic nitrogens is 2. The molecular weight excluding hydrogens is 350 g/mol.